The van der Waals surface area contributed by atoms with E-state index in [9.17, 15) is 4.79 Å². The van der Waals surface area contributed by atoms with Crippen molar-refractivity contribution in [3.8, 4) is 0 Å². The Bertz CT molecular complexity index is 424. The number of benzene rings is 1. The van der Waals surface area contributed by atoms with Gasteiger partial charge in [-0.25, -0.2) is 4.79 Å². The number of primary amides is 1. The van der Waals surface area contributed by atoms with Crippen molar-refractivity contribution < 1.29 is 4.79 Å². The van der Waals surface area contributed by atoms with E-state index in [1.165, 1.54) is 17.7 Å². The Morgan fingerprint density at radius 3 is 2.59 bits per heavy atom. The van der Waals surface area contributed by atoms with Gasteiger partial charge in [0.2, 0.25) is 0 Å². The Kier molecular flexibility index (Phi) is 3.07. The van der Waals surface area contributed by atoms with Crippen LogP contribution in [0.5, 0.6) is 0 Å². The maximum atomic E-state index is 11.1. The topological polar surface area (TPSA) is 72.3 Å². The fourth-order valence-electron chi connectivity index (χ4n) is 2.45. The SMILES string of the molecule is CN(C(N)=O)c1cccc(C2(N)CCCC2)c1. The Morgan fingerprint density at radius 1 is 1.35 bits per heavy atom. The lowest BCUT2D eigenvalue weighted by Crippen LogP contribution is -2.34. The number of carbonyl (C=O) groups is 1. The highest BCUT2D eigenvalue weighted by Crippen LogP contribution is 2.37. The number of anilines is 1. The van der Waals surface area contributed by atoms with Crippen molar-refractivity contribution in [3.05, 3.63) is 29.8 Å². The van der Waals surface area contributed by atoms with Crippen LogP contribution in [0, 0.1) is 0 Å². The van der Waals surface area contributed by atoms with E-state index in [0.29, 0.717) is 0 Å². The van der Waals surface area contributed by atoms with Gasteiger partial charge in [0.25, 0.3) is 0 Å². The van der Waals surface area contributed by atoms with Gasteiger partial charge in [-0.1, -0.05) is 25.0 Å². The summed E-state index contributed by atoms with van der Waals surface area (Å²) < 4.78 is 0. The minimum Gasteiger partial charge on any atom is -0.351 e. The highest BCUT2D eigenvalue weighted by atomic mass is 16.2. The van der Waals surface area contributed by atoms with Gasteiger partial charge in [0.15, 0.2) is 0 Å². The molecule has 17 heavy (non-hydrogen) atoms. The standard InChI is InChI=1S/C13H19N3O/c1-16(12(14)17)11-6-4-5-10(9-11)13(15)7-2-3-8-13/h4-6,9H,2-3,7-8,15H2,1H3,(H2,14,17). The molecule has 4 heteroatoms. The second kappa shape index (κ2) is 4.37. The number of carbonyl (C=O) groups excluding carboxylic acids is 1. The van der Waals surface area contributed by atoms with E-state index in [4.69, 9.17) is 11.5 Å². The Labute approximate surface area is 102 Å². The lowest BCUT2D eigenvalue weighted by atomic mass is 9.89. The number of nitrogens with zero attached hydrogens (tertiary/aromatic N) is 1. The van der Waals surface area contributed by atoms with E-state index < -0.39 is 6.03 Å². The van der Waals surface area contributed by atoms with Crippen molar-refractivity contribution in [1.29, 1.82) is 0 Å². The molecule has 0 spiro atoms. The lowest BCUT2D eigenvalue weighted by Gasteiger charge is -2.26. The number of urea groups is 1. The van der Waals surface area contributed by atoms with Gasteiger partial charge >= 0.3 is 6.03 Å². The molecule has 0 heterocycles. The van der Waals surface area contributed by atoms with Crippen molar-refractivity contribution in [3.63, 3.8) is 0 Å². The summed E-state index contributed by atoms with van der Waals surface area (Å²) in [7, 11) is 1.67. The average Bonchev–Trinajstić information content (AvgIpc) is 2.76. The van der Waals surface area contributed by atoms with Crippen LogP contribution < -0.4 is 16.4 Å². The van der Waals surface area contributed by atoms with Crippen LogP contribution in [-0.2, 0) is 5.54 Å². The van der Waals surface area contributed by atoms with Gasteiger partial charge in [0.05, 0.1) is 0 Å². The quantitative estimate of drug-likeness (QED) is 0.819. The third-order valence-corrected chi connectivity index (χ3v) is 3.63. The minimum atomic E-state index is -0.459. The number of hydrogen-bond donors (Lipinski definition) is 2. The molecule has 92 valence electrons. The summed E-state index contributed by atoms with van der Waals surface area (Å²) in [5.74, 6) is 0. The van der Waals surface area contributed by atoms with Gasteiger partial charge in [0, 0.05) is 18.3 Å². The number of nitrogens with two attached hydrogens (primary N) is 2. The third kappa shape index (κ3) is 2.26. The van der Waals surface area contributed by atoms with Crippen LogP contribution in [0.1, 0.15) is 31.2 Å². The molecule has 0 aliphatic heterocycles. The zero-order chi connectivity index (χ0) is 12.5. The summed E-state index contributed by atoms with van der Waals surface area (Å²) in [6.07, 6.45) is 4.37. The van der Waals surface area contributed by atoms with E-state index >= 15 is 0 Å². The molecule has 1 aromatic rings. The van der Waals surface area contributed by atoms with Crippen molar-refractivity contribution in [1.82, 2.24) is 0 Å². The van der Waals surface area contributed by atoms with Crippen LogP contribution in [0.15, 0.2) is 24.3 Å². The molecule has 1 aliphatic rings. The fourth-order valence-corrected chi connectivity index (χ4v) is 2.45. The molecular formula is C13H19N3O. The van der Waals surface area contributed by atoms with Gasteiger partial charge in [0.1, 0.15) is 0 Å². The number of hydrogen-bond acceptors (Lipinski definition) is 2. The molecule has 2 amide bonds. The molecule has 2 rings (SSSR count). The molecule has 0 saturated heterocycles. The van der Waals surface area contributed by atoms with Crippen molar-refractivity contribution in [2.45, 2.75) is 31.2 Å². The molecule has 4 nitrogen and oxygen atoms in total. The highest BCUT2D eigenvalue weighted by molar-refractivity contribution is 5.90. The van der Waals surface area contributed by atoms with Gasteiger partial charge in [-0.05, 0) is 30.5 Å². The van der Waals surface area contributed by atoms with Crippen LogP contribution in [0.4, 0.5) is 10.5 Å². The van der Waals surface area contributed by atoms with Gasteiger partial charge in [-0.2, -0.15) is 0 Å². The molecule has 1 aromatic carbocycles. The molecule has 1 fully saturated rings. The maximum absolute atomic E-state index is 11.1. The Balaban J connectivity index is 2.31. The first-order chi connectivity index (χ1) is 8.03. The second-order valence-electron chi connectivity index (χ2n) is 4.81. The molecule has 0 radical (unpaired) electrons. The molecule has 0 aromatic heterocycles. The van der Waals surface area contributed by atoms with E-state index in [1.54, 1.807) is 7.05 Å². The summed E-state index contributed by atoms with van der Waals surface area (Å²) in [5, 5.41) is 0. The normalized spacial score (nSPS) is 18.0. The van der Waals surface area contributed by atoms with Crippen LogP contribution in [-0.4, -0.2) is 13.1 Å². The zero-order valence-corrected chi connectivity index (χ0v) is 10.1. The summed E-state index contributed by atoms with van der Waals surface area (Å²) in [4.78, 5) is 12.6. The first-order valence-electron chi connectivity index (χ1n) is 5.95. The fraction of sp³-hybridized carbons (Fsp3) is 0.462. The summed E-state index contributed by atoms with van der Waals surface area (Å²) in [5.41, 5.74) is 13.3. The first-order valence-corrected chi connectivity index (χ1v) is 5.95. The molecule has 0 atom stereocenters. The minimum absolute atomic E-state index is 0.228. The summed E-state index contributed by atoms with van der Waals surface area (Å²) >= 11 is 0. The van der Waals surface area contributed by atoms with Crippen LogP contribution in [0.3, 0.4) is 0 Å². The number of amides is 2. The Hall–Kier alpha value is -1.55. The highest BCUT2D eigenvalue weighted by Gasteiger charge is 2.31. The van der Waals surface area contributed by atoms with E-state index in [1.807, 2.05) is 24.3 Å². The first kappa shape index (κ1) is 11.9. The molecule has 0 bridgehead atoms. The number of rotatable bonds is 2. The third-order valence-electron chi connectivity index (χ3n) is 3.63. The average molecular weight is 233 g/mol. The monoisotopic (exact) mass is 233 g/mol. The van der Waals surface area contributed by atoms with Crippen LogP contribution in [0.25, 0.3) is 0 Å². The summed E-state index contributed by atoms with van der Waals surface area (Å²) in [6.45, 7) is 0. The van der Waals surface area contributed by atoms with Crippen LogP contribution >= 0.6 is 0 Å². The molecule has 0 unspecified atom stereocenters. The van der Waals surface area contributed by atoms with E-state index in [2.05, 4.69) is 0 Å². The predicted molar refractivity (Wildman–Crippen MR) is 68.8 cm³/mol. The molecular weight excluding hydrogens is 214 g/mol. The van der Waals surface area contributed by atoms with Crippen molar-refractivity contribution in [2.24, 2.45) is 11.5 Å². The van der Waals surface area contributed by atoms with Gasteiger partial charge < -0.3 is 11.5 Å². The van der Waals surface area contributed by atoms with E-state index in [-0.39, 0.29) is 5.54 Å². The molecule has 1 saturated carbocycles. The smallest absolute Gasteiger partial charge is 0.318 e. The van der Waals surface area contributed by atoms with E-state index in [0.717, 1.165) is 24.1 Å². The Morgan fingerprint density at radius 2 is 2.00 bits per heavy atom. The molecule has 4 N–H and O–H groups in total. The predicted octanol–water partition coefficient (Wildman–Crippen LogP) is 1.93. The summed E-state index contributed by atoms with van der Waals surface area (Å²) in [6, 6.07) is 7.34. The lowest BCUT2D eigenvalue weighted by molar-refractivity contribution is 0.255. The maximum Gasteiger partial charge on any atom is 0.318 e. The zero-order valence-electron chi connectivity index (χ0n) is 10.1. The van der Waals surface area contributed by atoms with Gasteiger partial charge in [-0.3, -0.25) is 4.90 Å². The largest absolute Gasteiger partial charge is 0.351 e. The second-order valence-corrected chi connectivity index (χ2v) is 4.81. The molecule has 1 aliphatic carbocycles. The van der Waals surface area contributed by atoms with Crippen LogP contribution in [0.2, 0.25) is 0 Å². The van der Waals surface area contributed by atoms with Crippen molar-refractivity contribution >= 4 is 11.7 Å². The van der Waals surface area contributed by atoms with Gasteiger partial charge in [-0.15, -0.1) is 0 Å². The van der Waals surface area contributed by atoms with Crippen molar-refractivity contribution in [2.75, 3.05) is 11.9 Å².